The summed E-state index contributed by atoms with van der Waals surface area (Å²) >= 11 is 7.01. The van der Waals surface area contributed by atoms with Gasteiger partial charge in [0.15, 0.2) is 28.5 Å². The summed E-state index contributed by atoms with van der Waals surface area (Å²) in [4.78, 5) is 17.3. The van der Waals surface area contributed by atoms with Gasteiger partial charge in [0, 0.05) is 12.6 Å². The van der Waals surface area contributed by atoms with Crippen molar-refractivity contribution in [2.75, 3.05) is 14.2 Å². The lowest BCUT2D eigenvalue weighted by Crippen LogP contribution is -2.23. The van der Waals surface area contributed by atoms with Gasteiger partial charge in [0.2, 0.25) is 0 Å². The molecule has 4 aromatic rings. The van der Waals surface area contributed by atoms with Crippen LogP contribution in [0.5, 0.6) is 11.5 Å². The van der Waals surface area contributed by atoms with Gasteiger partial charge in [-0.1, -0.05) is 17.7 Å². The van der Waals surface area contributed by atoms with E-state index in [0.29, 0.717) is 30.8 Å². The topological polar surface area (TPSA) is 77.8 Å². The Balaban J connectivity index is 1.63. The fourth-order valence-corrected chi connectivity index (χ4v) is 4.13. The van der Waals surface area contributed by atoms with Gasteiger partial charge in [-0.25, -0.2) is 9.50 Å². The number of fused-ring (bicyclic) bond motifs is 1. The van der Waals surface area contributed by atoms with Crippen molar-refractivity contribution < 1.29 is 27.4 Å². The maximum absolute atomic E-state index is 13.7. The molecule has 0 fully saturated rings. The summed E-state index contributed by atoms with van der Waals surface area (Å²) in [6, 6.07) is 10.3. The molecule has 7 nitrogen and oxygen atoms in total. The van der Waals surface area contributed by atoms with Crippen molar-refractivity contribution >= 4 is 34.5 Å². The summed E-state index contributed by atoms with van der Waals surface area (Å²) in [7, 11) is 2.99. The number of carbonyl (C=O) groups excluding carboxylic acids is 1. The van der Waals surface area contributed by atoms with E-state index < -0.39 is 17.8 Å². The molecule has 0 saturated carbocycles. The predicted molar refractivity (Wildman–Crippen MR) is 117 cm³/mol. The van der Waals surface area contributed by atoms with E-state index in [1.165, 1.54) is 20.3 Å². The lowest BCUT2D eigenvalue weighted by Gasteiger charge is -2.10. The van der Waals surface area contributed by atoms with Crippen LogP contribution in [0, 0.1) is 0 Å². The van der Waals surface area contributed by atoms with Gasteiger partial charge in [0.1, 0.15) is 0 Å². The lowest BCUT2D eigenvalue weighted by molar-refractivity contribution is -0.142. The number of benzene rings is 1. The maximum atomic E-state index is 13.7. The van der Waals surface area contributed by atoms with Crippen molar-refractivity contribution in [2.24, 2.45) is 0 Å². The fourth-order valence-electron chi connectivity index (χ4n) is 3.13. The van der Waals surface area contributed by atoms with Crippen LogP contribution >= 0.6 is 22.9 Å². The number of nitrogens with one attached hydrogen (secondary N) is 1. The van der Waals surface area contributed by atoms with Crippen LogP contribution < -0.4 is 14.8 Å². The highest BCUT2D eigenvalue weighted by molar-refractivity contribution is 7.19. The monoisotopic (exact) mass is 496 g/mol. The molecule has 3 heterocycles. The molecule has 1 aromatic carbocycles. The van der Waals surface area contributed by atoms with Gasteiger partial charge < -0.3 is 14.8 Å². The molecule has 0 atom stereocenters. The molecule has 0 radical (unpaired) electrons. The van der Waals surface area contributed by atoms with E-state index in [1.807, 2.05) is 0 Å². The number of carbonyl (C=O) groups is 1. The Bertz CT molecular complexity index is 1340. The van der Waals surface area contributed by atoms with Crippen molar-refractivity contribution in [3.05, 3.63) is 63.8 Å². The molecule has 0 spiro atoms. The van der Waals surface area contributed by atoms with Gasteiger partial charge in [0.25, 0.3) is 5.91 Å². The van der Waals surface area contributed by atoms with Crippen LogP contribution in [-0.2, 0) is 12.7 Å². The molecule has 0 aliphatic rings. The third-order valence-corrected chi connectivity index (χ3v) is 5.93. The van der Waals surface area contributed by atoms with E-state index in [0.717, 1.165) is 17.4 Å². The molecule has 12 heteroatoms. The molecule has 1 N–H and O–H groups in total. The van der Waals surface area contributed by atoms with Crippen molar-refractivity contribution in [1.82, 2.24) is 19.9 Å². The molecule has 3 aromatic heterocycles. The predicted octanol–water partition coefficient (Wildman–Crippen LogP) is 5.08. The minimum absolute atomic E-state index is 0.0870. The highest BCUT2D eigenvalue weighted by Gasteiger charge is 2.35. The van der Waals surface area contributed by atoms with Crippen LogP contribution in [-0.4, -0.2) is 34.7 Å². The SMILES string of the molecule is COc1ccc(CNC(=O)c2cc3nc(-c4ccc(Cl)s4)cc(C(F)(F)F)n3n2)cc1OC. The number of methoxy groups -OCH3 is 2. The second kappa shape index (κ2) is 8.91. The molecule has 0 aliphatic carbocycles. The molecule has 0 aliphatic heterocycles. The number of rotatable bonds is 6. The van der Waals surface area contributed by atoms with E-state index in [-0.39, 0.29) is 23.6 Å². The van der Waals surface area contributed by atoms with Crippen molar-refractivity contribution in [1.29, 1.82) is 0 Å². The van der Waals surface area contributed by atoms with E-state index in [9.17, 15) is 18.0 Å². The van der Waals surface area contributed by atoms with Crippen LogP contribution in [0.25, 0.3) is 16.2 Å². The first-order valence-electron chi connectivity index (χ1n) is 9.42. The van der Waals surface area contributed by atoms with Gasteiger partial charge in [0.05, 0.1) is 29.1 Å². The first kappa shape index (κ1) is 22.9. The maximum Gasteiger partial charge on any atom is 0.433 e. The third-order valence-electron chi connectivity index (χ3n) is 4.68. The van der Waals surface area contributed by atoms with Gasteiger partial charge in [-0.3, -0.25) is 4.79 Å². The highest BCUT2D eigenvalue weighted by atomic mass is 35.5. The van der Waals surface area contributed by atoms with Crippen molar-refractivity contribution in [3.63, 3.8) is 0 Å². The summed E-state index contributed by atoms with van der Waals surface area (Å²) in [5.74, 6) is 0.364. The summed E-state index contributed by atoms with van der Waals surface area (Å²) in [5.41, 5.74) is -0.568. The Morgan fingerprint density at radius 1 is 1.12 bits per heavy atom. The number of hydrogen-bond acceptors (Lipinski definition) is 6. The zero-order valence-electron chi connectivity index (χ0n) is 17.2. The first-order chi connectivity index (χ1) is 15.7. The van der Waals surface area contributed by atoms with E-state index >= 15 is 0 Å². The van der Waals surface area contributed by atoms with Crippen LogP contribution in [0.15, 0.2) is 42.5 Å². The number of ether oxygens (including phenoxy) is 2. The van der Waals surface area contributed by atoms with Crippen LogP contribution in [0.3, 0.4) is 0 Å². The number of amides is 1. The Hall–Kier alpha value is -3.31. The van der Waals surface area contributed by atoms with E-state index in [1.54, 1.807) is 30.3 Å². The van der Waals surface area contributed by atoms with E-state index in [2.05, 4.69) is 15.4 Å². The quantitative estimate of drug-likeness (QED) is 0.403. The Kier molecular flexibility index (Phi) is 6.17. The average Bonchev–Trinajstić information content (AvgIpc) is 3.41. The zero-order valence-corrected chi connectivity index (χ0v) is 18.8. The largest absolute Gasteiger partial charge is 0.493 e. The smallest absolute Gasteiger partial charge is 0.433 e. The molecule has 0 unspecified atom stereocenters. The van der Waals surface area contributed by atoms with Crippen molar-refractivity contribution in [3.8, 4) is 22.1 Å². The second-order valence-corrected chi connectivity index (χ2v) is 8.51. The number of thiophene rings is 1. The molecule has 4 rings (SSSR count). The summed E-state index contributed by atoms with van der Waals surface area (Å²) in [6.07, 6.45) is -4.71. The van der Waals surface area contributed by atoms with Gasteiger partial charge in [-0.15, -0.1) is 11.3 Å². The number of aromatic nitrogens is 3. The minimum Gasteiger partial charge on any atom is -0.493 e. The Morgan fingerprint density at radius 3 is 2.52 bits per heavy atom. The normalized spacial score (nSPS) is 11.6. The number of nitrogens with zero attached hydrogens (tertiary/aromatic N) is 3. The summed E-state index contributed by atoms with van der Waals surface area (Å²) in [5, 5.41) is 6.48. The highest BCUT2D eigenvalue weighted by Crippen LogP contribution is 2.35. The lowest BCUT2D eigenvalue weighted by atomic mass is 10.2. The molecule has 172 valence electrons. The summed E-state index contributed by atoms with van der Waals surface area (Å²) in [6.45, 7) is 0.103. The average molecular weight is 497 g/mol. The zero-order chi connectivity index (χ0) is 23.8. The molecule has 0 bridgehead atoms. The standard InChI is InChI=1S/C21H16ClF3N4O3S/c1-31-14-4-3-11(7-15(14)32-2)10-26-20(30)13-9-19-27-12(16-5-6-18(22)33-16)8-17(21(23,24)25)29(19)28-13/h3-9H,10H2,1-2H3,(H,26,30). The minimum atomic E-state index is -4.71. The molecule has 33 heavy (non-hydrogen) atoms. The van der Waals surface area contributed by atoms with Crippen LogP contribution in [0.1, 0.15) is 21.7 Å². The second-order valence-electron chi connectivity index (χ2n) is 6.80. The van der Waals surface area contributed by atoms with Crippen molar-refractivity contribution in [2.45, 2.75) is 12.7 Å². The van der Waals surface area contributed by atoms with Gasteiger partial charge >= 0.3 is 6.18 Å². The third kappa shape index (κ3) is 4.74. The Morgan fingerprint density at radius 2 is 1.88 bits per heavy atom. The fraction of sp³-hybridized carbons (Fsp3) is 0.190. The molecule has 0 saturated heterocycles. The van der Waals surface area contributed by atoms with Gasteiger partial charge in [-0.2, -0.15) is 18.3 Å². The Labute approximate surface area is 194 Å². The number of halogens is 4. The molecular formula is C21H16ClF3N4O3S. The first-order valence-corrected chi connectivity index (χ1v) is 10.6. The van der Waals surface area contributed by atoms with Gasteiger partial charge in [-0.05, 0) is 35.9 Å². The van der Waals surface area contributed by atoms with E-state index in [4.69, 9.17) is 21.1 Å². The molecule has 1 amide bonds. The summed E-state index contributed by atoms with van der Waals surface area (Å²) < 4.78 is 52.5. The molecular weight excluding hydrogens is 481 g/mol. The van der Waals surface area contributed by atoms with Crippen LogP contribution in [0.4, 0.5) is 13.2 Å². The van der Waals surface area contributed by atoms with Crippen LogP contribution in [0.2, 0.25) is 4.34 Å². The number of hydrogen-bond donors (Lipinski definition) is 1. The number of alkyl halides is 3.